The Morgan fingerprint density at radius 3 is 2.69 bits per heavy atom. The highest BCUT2D eigenvalue weighted by Crippen LogP contribution is 2.27. The highest BCUT2D eigenvalue weighted by Gasteiger charge is 2.25. The van der Waals surface area contributed by atoms with Crippen molar-refractivity contribution in [1.82, 2.24) is 14.9 Å². The van der Waals surface area contributed by atoms with Crippen molar-refractivity contribution in [3.8, 4) is 0 Å². The molecule has 2 aromatic carbocycles. The molecular formula is C25H31N3O. The van der Waals surface area contributed by atoms with Gasteiger partial charge in [0, 0.05) is 12.5 Å². The van der Waals surface area contributed by atoms with Crippen LogP contribution in [0.5, 0.6) is 0 Å². The van der Waals surface area contributed by atoms with Gasteiger partial charge in [0.25, 0.3) is 0 Å². The Bertz CT molecular complexity index is 1010. The summed E-state index contributed by atoms with van der Waals surface area (Å²) in [6.07, 6.45) is 5.61. The van der Waals surface area contributed by atoms with Gasteiger partial charge >= 0.3 is 0 Å². The Hall–Kier alpha value is -2.62. The molecule has 1 heterocycles. The van der Waals surface area contributed by atoms with Gasteiger partial charge in [0.1, 0.15) is 5.82 Å². The number of hydrogen-bond donors (Lipinski definition) is 1. The van der Waals surface area contributed by atoms with Crippen molar-refractivity contribution >= 4 is 16.9 Å². The number of nitrogens with one attached hydrogen (secondary N) is 1. The van der Waals surface area contributed by atoms with Crippen molar-refractivity contribution in [1.29, 1.82) is 0 Å². The van der Waals surface area contributed by atoms with E-state index in [-0.39, 0.29) is 17.9 Å². The number of hydrogen-bond acceptors (Lipinski definition) is 2. The number of benzene rings is 2. The molecule has 1 aliphatic rings. The highest BCUT2D eigenvalue weighted by atomic mass is 16.1. The van der Waals surface area contributed by atoms with Gasteiger partial charge in [-0.2, -0.15) is 0 Å². The summed E-state index contributed by atoms with van der Waals surface area (Å²) in [5, 5.41) is 3.26. The summed E-state index contributed by atoms with van der Waals surface area (Å²) in [5.41, 5.74) is 5.92. The molecule has 0 bridgehead atoms. The minimum Gasteiger partial charge on any atom is -0.346 e. The van der Waals surface area contributed by atoms with E-state index in [4.69, 9.17) is 4.98 Å². The Labute approximate surface area is 173 Å². The molecule has 1 amide bonds. The third-order valence-electron chi connectivity index (χ3n) is 6.24. The number of para-hydroxylation sites is 2. The van der Waals surface area contributed by atoms with Gasteiger partial charge < -0.3 is 9.88 Å². The Morgan fingerprint density at radius 2 is 1.90 bits per heavy atom. The number of rotatable bonds is 5. The van der Waals surface area contributed by atoms with E-state index in [0.29, 0.717) is 0 Å². The Balaban J connectivity index is 1.65. The molecule has 0 saturated heterocycles. The lowest BCUT2D eigenvalue weighted by Crippen LogP contribution is -2.35. The van der Waals surface area contributed by atoms with Crippen molar-refractivity contribution < 1.29 is 4.79 Å². The highest BCUT2D eigenvalue weighted by molar-refractivity contribution is 5.80. The number of carbonyl (C=O) groups excluding carboxylic acids is 1. The maximum Gasteiger partial charge on any atom is 0.223 e. The normalized spacial score (nSPS) is 16.1. The second-order valence-electron chi connectivity index (χ2n) is 8.54. The Morgan fingerprint density at radius 1 is 1.14 bits per heavy atom. The molecular weight excluding hydrogens is 358 g/mol. The number of amides is 1. The topological polar surface area (TPSA) is 46.9 Å². The summed E-state index contributed by atoms with van der Waals surface area (Å²) >= 11 is 0. The van der Waals surface area contributed by atoms with Crippen molar-refractivity contribution in [3.63, 3.8) is 0 Å². The first-order valence-corrected chi connectivity index (χ1v) is 10.8. The molecule has 1 aromatic heterocycles. The smallest absolute Gasteiger partial charge is 0.223 e. The maximum absolute atomic E-state index is 12.8. The van der Waals surface area contributed by atoms with Gasteiger partial charge in [0.15, 0.2) is 0 Å². The van der Waals surface area contributed by atoms with Crippen LogP contribution in [0.25, 0.3) is 11.0 Å². The zero-order valence-corrected chi connectivity index (χ0v) is 17.7. The fourth-order valence-corrected chi connectivity index (χ4v) is 4.49. The maximum atomic E-state index is 12.8. The number of aromatic nitrogens is 2. The van der Waals surface area contributed by atoms with Crippen LogP contribution in [0.15, 0.2) is 42.5 Å². The average Bonchev–Trinajstić information content (AvgIpc) is 3.10. The molecule has 4 heteroatoms. The van der Waals surface area contributed by atoms with Gasteiger partial charge in [-0.25, -0.2) is 4.98 Å². The lowest BCUT2D eigenvalue weighted by Gasteiger charge is -2.23. The lowest BCUT2D eigenvalue weighted by molar-refractivity contribution is -0.126. The summed E-state index contributed by atoms with van der Waals surface area (Å²) in [6.45, 7) is 7.10. The van der Waals surface area contributed by atoms with Gasteiger partial charge in [-0.05, 0) is 56.9 Å². The molecule has 152 valence electrons. The first-order chi connectivity index (χ1) is 14.0. The van der Waals surface area contributed by atoms with E-state index in [2.05, 4.69) is 61.0 Å². The van der Waals surface area contributed by atoms with E-state index in [1.807, 2.05) is 12.1 Å². The van der Waals surface area contributed by atoms with E-state index in [9.17, 15) is 4.79 Å². The molecule has 1 unspecified atom stereocenters. The fourth-order valence-electron chi connectivity index (χ4n) is 4.49. The SMILES string of the molecule is Cc1ccc(C)c(Cn2c(C(C)NC(=O)C3CCCCC3)nc3ccccc32)c1. The molecule has 3 aromatic rings. The van der Waals surface area contributed by atoms with Crippen LogP contribution < -0.4 is 5.32 Å². The first kappa shape index (κ1) is 19.7. The largest absolute Gasteiger partial charge is 0.346 e. The molecule has 0 spiro atoms. The summed E-state index contributed by atoms with van der Waals surface area (Å²) in [7, 11) is 0. The zero-order valence-electron chi connectivity index (χ0n) is 17.7. The van der Waals surface area contributed by atoms with Crippen LogP contribution in [-0.2, 0) is 11.3 Å². The molecule has 1 aliphatic carbocycles. The van der Waals surface area contributed by atoms with Gasteiger partial charge in [-0.1, -0.05) is 55.2 Å². The Kier molecular flexibility index (Phi) is 5.70. The van der Waals surface area contributed by atoms with E-state index >= 15 is 0 Å². The minimum absolute atomic E-state index is 0.123. The molecule has 1 fully saturated rings. The van der Waals surface area contributed by atoms with Gasteiger partial charge in [0.2, 0.25) is 5.91 Å². The van der Waals surface area contributed by atoms with Crippen LogP contribution >= 0.6 is 0 Å². The molecule has 1 atom stereocenters. The van der Waals surface area contributed by atoms with E-state index < -0.39 is 0 Å². The van der Waals surface area contributed by atoms with Crippen LogP contribution in [-0.4, -0.2) is 15.5 Å². The fraction of sp³-hybridized carbons (Fsp3) is 0.440. The van der Waals surface area contributed by atoms with Crippen LogP contribution in [0.1, 0.15) is 67.6 Å². The van der Waals surface area contributed by atoms with Gasteiger partial charge in [-0.3, -0.25) is 4.79 Å². The van der Waals surface area contributed by atoms with E-state index in [1.54, 1.807) is 0 Å². The van der Waals surface area contributed by atoms with Crippen molar-refractivity contribution in [2.24, 2.45) is 5.92 Å². The standard InChI is InChI=1S/C25H31N3O/c1-17-13-14-18(2)21(15-17)16-28-23-12-8-7-11-22(23)27-24(28)19(3)26-25(29)20-9-5-4-6-10-20/h7-8,11-15,19-20H,4-6,9-10,16H2,1-3H3,(H,26,29). The third-order valence-corrected chi connectivity index (χ3v) is 6.24. The second kappa shape index (κ2) is 8.40. The number of nitrogens with zero attached hydrogens (tertiary/aromatic N) is 2. The number of aryl methyl sites for hydroxylation is 2. The number of imidazole rings is 1. The van der Waals surface area contributed by atoms with Crippen LogP contribution in [0.3, 0.4) is 0 Å². The number of carbonyl (C=O) groups is 1. The number of fused-ring (bicyclic) bond motifs is 1. The van der Waals surface area contributed by atoms with E-state index in [1.165, 1.54) is 23.1 Å². The molecule has 29 heavy (non-hydrogen) atoms. The predicted molar refractivity (Wildman–Crippen MR) is 118 cm³/mol. The molecule has 0 radical (unpaired) electrons. The first-order valence-electron chi connectivity index (χ1n) is 10.8. The lowest BCUT2D eigenvalue weighted by atomic mass is 9.88. The predicted octanol–water partition coefficient (Wildman–Crippen LogP) is 5.46. The second-order valence-corrected chi connectivity index (χ2v) is 8.54. The van der Waals surface area contributed by atoms with Crippen molar-refractivity contribution in [2.75, 3.05) is 0 Å². The van der Waals surface area contributed by atoms with Gasteiger partial charge in [0.05, 0.1) is 17.1 Å². The third kappa shape index (κ3) is 4.21. The average molecular weight is 390 g/mol. The van der Waals surface area contributed by atoms with Crippen LogP contribution in [0.2, 0.25) is 0 Å². The monoisotopic (exact) mass is 389 g/mol. The molecule has 1 N–H and O–H groups in total. The molecule has 4 rings (SSSR count). The van der Waals surface area contributed by atoms with Gasteiger partial charge in [-0.15, -0.1) is 0 Å². The summed E-state index contributed by atoms with van der Waals surface area (Å²) < 4.78 is 2.27. The summed E-state index contributed by atoms with van der Waals surface area (Å²) in [6, 6.07) is 14.7. The quantitative estimate of drug-likeness (QED) is 0.630. The summed E-state index contributed by atoms with van der Waals surface area (Å²) in [5.74, 6) is 1.27. The molecule has 4 nitrogen and oxygen atoms in total. The zero-order chi connectivity index (χ0) is 20.4. The van der Waals surface area contributed by atoms with Crippen LogP contribution in [0.4, 0.5) is 0 Å². The minimum atomic E-state index is -0.123. The van der Waals surface area contributed by atoms with E-state index in [0.717, 1.165) is 49.1 Å². The van der Waals surface area contributed by atoms with Crippen molar-refractivity contribution in [3.05, 3.63) is 65.0 Å². The summed E-state index contributed by atoms with van der Waals surface area (Å²) in [4.78, 5) is 17.7. The molecule has 0 aliphatic heterocycles. The molecule has 1 saturated carbocycles. The van der Waals surface area contributed by atoms with Crippen molar-refractivity contribution in [2.45, 2.75) is 65.5 Å². The van der Waals surface area contributed by atoms with Crippen LogP contribution in [0, 0.1) is 19.8 Å².